The molecule has 2 aromatic carbocycles. The summed E-state index contributed by atoms with van der Waals surface area (Å²) in [6.45, 7) is 0.608. The Morgan fingerprint density at radius 3 is 2.87 bits per heavy atom. The van der Waals surface area contributed by atoms with Crippen molar-refractivity contribution in [3.8, 4) is 0 Å². The molecule has 154 valence electrons. The molecular formula is C22H15FN4O3S. The molecule has 0 spiro atoms. The summed E-state index contributed by atoms with van der Waals surface area (Å²) < 4.78 is 21.3. The third-order valence-electron chi connectivity index (χ3n) is 4.80. The second-order valence-corrected chi connectivity index (χ2v) is 7.83. The summed E-state index contributed by atoms with van der Waals surface area (Å²) in [6.07, 6.45) is 3.42. The van der Waals surface area contributed by atoms with E-state index in [9.17, 15) is 14.0 Å². The quantitative estimate of drug-likeness (QED) is 0.389. The first-order chi connectivity index (χ1) is 15.1. The van der Waals surface area contributed by atoms with E-state index in [2.05, 4.69) is 10.1 Å². The van der Waals surface area contributed by atoms with Crippen LogP contribution in [0.25, 0.3) is 21.2 Å². The molecule has 0 bridgehead atoms. The highest BCUT2D eigenvalue weighted by Crippen LogP contribution is 2.30. The lowest BCUT2D eigenvalue weighted by atomic mass is 10.1. The molecule has 0 unspecified atom stereocenters. The standard InChI is InChI=1S/C22H15FN4O3S/c23-15-6-7-17-19(13-15)31-22(25-17)27(11-10-26-9-3-8-24-26)20(28)16-12-14-4-1-2-5-18(14)30-21(16)29/h1-9,12-13H,10-11H2. The number of carbonyl (C=O) groups excluding carboxylic acids is 1. The maximum atomic E-state index is 13.6. The molecule has 3 heterocycles. The highest BCUT2D eigenvalue weighted by atomic mass is 32.1. The van der Waals surface area contributed by atoms with Crippen LogP contribution in [0, 0.1) is 5.82 Å². The summed E-state index contributed by atoms with van der Waals surface area (Å²) in [7, 11) is 0. The predicted octanol–water partition coefficient (Wildman–Crippen LogP) is 4.09. The number of hydrogen-bond donors (Lipinski definition) is 0. The third kappa shape index (κ3) is 3.71. The number of aromatic nitrogens is 3. The third-order valence-corrected chi connectivity index (χ3v) is 5.84. The Bertz CT molecular complexity index is 1460. The molecular weight excluding hydrogens is 419 g/mol. The van der Waals surface area contributed by atoms with E-state index in [-0.39, 0.29) is 17.9 Å². The maximum Gasteiger partial charge on any atom is 0.349 e. The highest BCUT2D eigenvalue weighted by Gasteiger charge is 2.25. The Morgan fingerprint density at radius 1 is 1.16 bits per heavy atom. The first kappa shape index (κ1) is 19.1. The molecule has 31 heavy (non-hydrogen) atoms. The molecule has 9 heteroatoms. The monoisotopic (exact) mass is 434 g/mol. The number of carbonyl (C=O) groups is 1. The number of rotatable bonds is 5. The smallest absolute Gasteiger partial charge is 0.349 e. The van der Waals surface area contributed by atoms with Gasteiger partial charge in [0.05, 0.1) is 16.8 Å². The molecule has 0 atom stereocenters. The van der Waals surface area contributed by atoms with Crippen LogP contribution in [0.5, 0.6) is 0 Å². The lowest BCUT2D eigenvalue weighted by Gasteiger charge is -2.19. The van der Waals surface area contributed by atoms with Crippen LogP contribution in [0.1, 0.15) is 10.4 Å². The minimum atomic E-state index is -0.722. The van der Waals surface area contributed by atoms with Gasteiger partial charge in [0, 0.05) is 24.3 Å². The molecule has 5 rings (SSSR count). The number of nitrogens with zero attached hydrogens (tertiary/aromatic N) is 4. The zero-order chi connectivity index (χ0) is 21.4. The van der Waals surface area contributed by atoms with Crippen molar-refractivity contribution in [1.29, 1.82) is 0 Å². The molecule has 0 aliphatic heterocycles. The van der Waals surface area contributed by atoms with Gasteiger partial charge in [-0.05, 0) is 36.4 Å². The molecule has 0 aliphatic carbocycles. The summed E-state index contributed by atoms with van der Waals surface area (Å²) in [5.41, 5.74) is 0.163. The number of thiazole rings is 1. The van der Waals surface area contributed by atoms with Crippen molar-refractivity contribution < 1.29 is 13.6 Å². The van der Waals surface area contributed by atoms with Crippen molar-refractivity contribution >= 4 is 43.6 Å². The first-order valence-corrected chi connectivity index (χ1v) is 10.3. The van der Waals surface area contributed by atoms with Gasteiger partial charge >= 0.3 is 5.63 Å². The predicted molar refractivity (Wildman–Crippen MR) is 116 cm³/mol. The molecule has 1 amide bonds. The van der Waals surface area contributed by atoms with Crippen molar-refractivity contribution in [1.82, 2.24) is 14.8 Å². The Hall–Kier alpha value is -3.85. The number of halogens is 1. The number of fused-ring (bicyclic) bond motifs is 2. The summed E-state index contributed by atoms with van der Waals surface area (Å²) >= 11 is 1.18. The van der Waals surface area contributed by atoms with E-state index >= 15 is 0 Å². The fourth-order valence-electron chi connectivity index (χ4n) is 3.28. The average molecular weight is 434 g/mol. The minimum Gasteiger partial charge on any atom is -0.422 e. The van der Waals surface area contributed by atoms with Gasteiger partial charge in [-0.3, -0.25) is 14.4 Å². The zero-order valence-corrected chi connectivity index (χ0v) is 16.9. The molecule has 0 radical (unpaired) electrons. The van der Waals surface area contributed by atoms with Crippen molar-refractivity contribution in [2.75, 3.05) is 11.4 Å². The van der Waals surface area contributed by atoms with Gasteiger partial charge in [0.2, 0.25) is 0 Å². The SMILES string of the molecule is O=C(c1cc2ccccc2oc1=O)N(CCn1cccn1)c1nc2ccc(F)cc2s1. The molecule has 0 saturated heterocycles. The van der Waals surface area contributed by atoms with E-state index in [1.165, 1.54) is 34.4 Å². The van der Waals surface area contributed by atoms with Gasteiger partial charge in [0.1, 0.15) is 17.0 Å². The largest absolute Gasteiger partial charge is 0.422 e. The number of benzene rings is 2. The Labute approximate surface area is 179 Å². The average Bonchev–Trinajstić information content (AvgIpc) is 3.42. The van der Waals surface area contributed by atoms with E-state index in [4.69, 9.17) is 4.42 Å². The number of amides is 1. The van der Waals surface area contributed by atoms with Crippen LogP contribution >= 0.6 is 11.3 Å². The second kappa shape index (κ2) is 7.77. The van der Waals surface area contributed by atoms with Gasteiger partial charge in [0.15, 0.2) is 5.13 Å². The molecule has 3 aromatic heterocycles. The van der Waals surface area contributed by atoms with Crippen LogP contribution in [-0.4, -0.2) is 27.2 Å². The van der Waals surface area contributed by atoms with E-state index in [1.807, 2.05) is 0 Å². The van der Waals surface area contributed by atoms with Crippen LogP contribution in [0.15, 0.2) is 76.2 Å². The van der Waals surface area contributed by atoms with Crippen LogP contribution in [-0.2, 0) is 6.54 Å². The van der Waals surface area contributed by atoms with Gasteiger partial charge in [-0.25, -0.2) is 14.2 Å². The fourth-order valence-corrected chi connectivity index (χ4v) is 4.29. The first-order valence-electron chi connectivity index (χ1n) is 9.47. The van der Waals surface area contributed by atoms with Gasteiger partial charge < -0.3 is 4.42 Å². The van der Waals surface area contributed by atoms with Gasteiger partial charge in [-0.1, -0.05) is 29.5 Å². The van der Waals surface area contributed by atoms with E-state index in [1.54, 1.807) is 53.5 Å². The zero-order valence-electron chi connectivity index (χ0n) is 16.1. The van der Waals surface area contributed by atoms with Crippen molar-refractivity contribution in [3.63, 3.8) is 0 Å². The van der Waals surface area contributed by atoms with Gasteiger partial charge in [-0.2, -0.15) is 5.10 Å². The van der Waals surface area contributed by atoms with Crippen LogP contribution in [0.4, 0.5) is 9.52 Å². The molecule has 0 saturated carbocycles. The summed E-state index contributed by atoms with van der Waals surface area (Å²) in [4.78, 5) is 31.9. The fraction of sp³-hybridized carbons (Fsp3) is 0.0909. The van der Waals surface area contributed by atoms with E-state index < -0.39 is 11.5 Å². The van der Waals surface area contributed by atoms with Crippen LogP contribution in [0.3, 0.4) is 0 Å². The van der Waals surface area contributed by atoms with Crippen molar-refractivity contribution in [2.45, 2.75) is 6.54 Å². The Morgan fingerprint density at radius 2 is 2.03 bits per heavy atom. The Balaban J connectivity index is 1.57. The van der Waals surface area contributed by atoms with Gasteiger partial charge in [-0.15, -0.1) is 0 Å². The summed E-state index contributed by atoms with van der Waals surface area (Å²) in [5, 5.41) is 5.17. The Kier molecular flexibility index (Phi) is 4.79. The van der Waals surface area contributed by atoms with Crippen LogP contribution in [0.2, 0.25) is 0 Å². The van der Waals surface area contributed by atoms with E-state index in [0.29, 0.717) is 32.9 Å². The maximum absolute atomic E-state index is 13.6. The minimum absolute atomic E-state index is 0.0930. The van der Waals surface area contributed by atoms with Gasteiger partial charge in [0.25, 0.3) is 5.91 Å². The highest BCUT2D eigenvalue weighted by molar-refractivity contribution is 7.22. The summed E-state index contributed by atoms with van der Waals surface area (Å²) in [6, 6.07) is 14.5. The molecule has 7 nitrogen and oxygen atoms in total. The second-order valence-electron chi connectivity index (χ2n) is 6.82. The normalized spacial score (nSPS) is 11.3. The molecule has 5 aromatic rings. The van der Waals surface area contributed by atoms with Crippen molar-refractivity contribution in [2.24, 2.45) is 0 Å². The topological polar surface area (TPSA) is 81.2 Å². The lowest BCUT2D eigenvalue weighted by molar-refractivity contribution is 0.0982. The molecule has 0 aliphatic rings. The van der Waals surface area contributed by atoms with Crippen molar-refractivity contribution in [3.05, 3.63) is 88.8 Å². The van der Waals surface area contributed by atoms with E-state index in [0.717, 1.165) is 0 Å². The number of hydrogen-bond acceptors (Lipinski definition) is 6. The molecule has 0 fully saturated rings. The lowest BCUT2D eigenvalue weighted by Crippen LogP contribution is -2.36. The number of anilines is 1. The molecule has 0 N–H and O–H groups in total. The summed E-state index contributed by atoms with van der Waals surface area (Å²) in [5.74, 6) is -0.918. The van der Waals surface area contributed by atoms with Crippen LogP contribution < -0.4 is 10.5 Å². The number of para-hydroxylation sites is 1.